The van der Waals surface area contributed by atoms with E-state index >= 15 is 0 Å². The average molecular weight is 359 g/mol. The molecule has 0 aliphatic rings. The Morgan fingerprint density at radius 3 is 2.22 bits per heavy atom. The van der Waals surface area contributed by atoms with Gasteiger partial charge in [-0.25, -0.2) is 4.98 Å². The van der Waals surface area contributed by atoms with E-state index in [0.29, 0.717) is 23.1 Å². The van der Waals surface area contributed by atoms with Crippen molar-refractivity contribution in [3.8, 4) is 0 Å². The van der Waals surface area contributed by atoms with E-state index < -0.39 is 0 Å². The summed E-state index contributed by atoms with van der Waals surface area (Å²) in [5.74, 6) is 0.779. The first-order valence-electron chi connectivity index (χ1n) is 9.43. The number of fused-ring (bicyclic) bond motifs is 3. The first-order valence-corrected chi connectivity index (χ1v) is 9.43. The Hall–Kier alpha value is -3.01. The van der Waals surface area contributed by atoms with Gasteiger partial charge in [0.15, 0.2) is 5.58 Å². The summed E-state index contributed by atoms with van der Waals surface area (Å²) in [5, 5.41) is 4.61. The van der Waals surface area contributed by atoms with Crippen molar-refractivity contribution in [1.82, 2.24) is 4.98 Å². The number of nitrogens with one attached hydrogen (secondary N) is 1. The molecule has 4 nitrogen and oxygen atoms in total. The lowest BCUT2D eigenvalue weighted by Gasteiger charge is -2.21. The van der Waals surface area contributed by atoms with Crippen LogP contribution in [0.1, 0.15) is 50.7 Å². The molecule has 0 unspecified atom stereocenters. The van der Waals surface area contributed by atoms with Crippen LogP contribution in [0.3, 0.4) is 0 Å². The molecule has 4 heteroatoms. The van der Waals surface area contributed by atoms with Crippen LogP contribution in [0.25, 0.3) is 22.1 Å². The predicted molar refractivity (Wildman–Crippen MR) is 114 cm³/mol. The summed E-state index contributed by atoms with van der Waals surface area (Å²) < 4.78 is 6.13. The molecule has 0 spiro atoms. The summed E-state index contributed by atoms with van der Waals surface area (Å²) in [4.78, 5) is 4.53. The second-order valence-corrected chi connectivity index (χ2v) is 7.61. The van der Waals surface area contributed by atoms with Crippen molar-refractivity contribution in [1.29, 1.82) is 0 Å². The largest absolute Gasteiger partial charge is 0.452 e. The van der Waals surface area contributed by atoms with Crippen LogP contribution >= 0.6 is 0 Å². The summed E-state index contributed by atoms with van der Waals surface area (Å²) in [6.45, 7) is 8.82. The zero-order valence-electron chi connectivity index (χ0n) is 16.2. The second kappa shape index (κ2) is 6.62. The number of nitrogen functional groups attached to an aromatic ring is 1. The Bertz CT molecular complexity index is 1100. The lowest BCUT2D eigenvalue weighted by atomic mass is 9.92. The molecule has 4 aromatic rings. The number of para-hydroxylation sites is 2. The maximum atomic E-state index is 6.32. The quantitative estimate of drug-likeness (QED) is 0.433. The molecule has 0 aliphatic heterocycles. The monoisotopic (exact) mass is 359 g/mol. The molecule has 2 aromatic heterocycles. The highest BCUT2D eigenvalue weighted by Gasteiger charge is 2.19. The number of hydrogen-bond acceptors (Lipinski definition) is 4. The number of rotatable bonds is 4. The van der Waals surface area contributed by atoms with Gasteiger partial charge in [0.1, 0.15) is 16.8 Å². The van der Waals surface area contributed by atoms with E-state index in [-0.39, 0.29) is 0 Å². The fourth-order valence-corrected chi connectivity index (χ4v) is 3.61. The Morgan fingerprint density at radius 1 is 0.889 bits per heavy atom. The van der Waals surface area contributed by atoms with Crippen LogP contribution in [-0.2, 0) is 0 Å². The van der Waals surface area contributed by atoms with E-state index in [0.717, 1.165) is 27.9 Å². The number of furan rings is 1. The Kier molecular flexibility index (Phi) is 4.27. The van der Waals surface area contributed by atoms with Crippen molar-refractivity contribution in [3.05, 3.63) is 59.8 Å². The third kappa shape index (κ3) is 2.91. The van der Waals surface area contributed by atoms with E-state index in [2.05, 4.69) is 56.2 Å². The fourth-order valence-electron chi connectivity index (χ4n) is 3.61. The topological polar surface area (TPSA) is 64.1 Å². The number of pyridine rings is 1. The van der Waals surface area contributed by atoms with E-state index in [9.17, 15) is 0 Å². The zero-order valence-corrected chi connectivity index (χ0v) is 16.2. The molecule has 0 atom stereocenters. The molecule has 0 radical (unpaired) electrons. The molecule has 2 heterocycles. The van der Waals surface area contributed by atoms with Gasteiger partial charge in [0.2, 0.25) is 0 Å². The van der Waals surface area contributed by atoms with E-state index in [4.69, 9.17) is 10.2 Å². The lowest BCUT2D eigenvalue weighted by molar-refractivity contribution is 0.669. The molecular weight excluding hydrogens is 334 g/mol. The van der Waals surface area contributed by atoms with E-state index in [1.165, 1.54) is 11.1 Å². The molecule has 27 heavy (non-hydrogen) atoms. The minimum atomic E-state index is 0.389. The van der Waals surface area contributed by atoms with Crippen molar-refractivity contribution in [3.63, 3.8) is 0 Å². The summed E-state index contributed by atoms with van der Waals surface area (Å²) >= 11 is 0. The molecule has 0 aliphatic carbocycles. The molecule has 2 aromatic carbocycles. The van der Waals surface area contributed by atoms with Crippen molar-refractivity contribution >= 4 is 39.1 Å². The van der Waals surface area contributed by atoms with E-state index in [1.54, 1.807) is 6.20 Å². The van der Waals surface area contributed by atoms with Gasteiger partial charge < -0.3 is 15.5 Å². The highest BCUT2D eigenvalue weighted by molar-refractivity contribution is 6.09. The Balaban J connectivity index is 1.96. The van der Waals surface area contributed by atoms with E-state index in [1.807, 2.05) is 24.3 Å². The van der Waals surface area contributed by atoms with Crippen LogP contribution in [0, 0.1) is 0 Å². The maximum absolute atomic E-state index is 6.32. The molecule has 0 bridgehead atoms. The third-order valence-electron chi connectivity index (χ3n) is 5.04. The van der Waals surface area contributed by atoms with Crippen molar-refractivity contribution in [2.45, 2.75) is 39.5 Å². The average Bonchev–Trinajstić information content (AvgIpc) is 3.02. The maximum Gasteiger partial charge on any atom is 0.179 e. The Morgan fingerprint density at radius 2 is 1.56 bits per heavy atom. The van der Waals surface area contributed by atoms with Crippen molar-refractivity contribution in [2.75, 3.05) is 11.1 Å². The minimum absolute atomic E-state index is 0.389. The van der Waals surface area contributed by atoms with Gasteiger partial charge in [-0.15, -0.1) is 0 Å². The number of nitrogens with two attached hydrogens (primary N) is 1. The zero-order chi connectivity index (χ0) is 19.1. The van der Waals surface area contributed by atoms with Crippen LogP contribution in [0.4, 0.5) is 17.1 Å². The van der Waals surface area contributed by atoms with Crippen molar-refractivity contribution in [2.24, 2.45) is 0 Å². The van der Waals surface area contributed by atoms with Crippen LogP contribution in [0.2, 0.25) is 0 Å². The number of hydrogen-bond donors (Lipinski definition) is 2. The standard InChI is InChI=1S/C23H25N3O/c1-13(2)15-9-7-10-16(14(3)4)20(15)26-22-18(24)12-25-21-17-8-5-6-11-19(17)27-23(21)22/h5-14H,24H2,1-4H3,(H,25,26). The second-order valence-electron chi connectivity index (χ2n) is 7.61. The summed E-state index contributed by atoms with van der Waals surface area (Å²) in [6.07, 6.45) is 1.71. The van der Waals surface area contributed by atoms with Gasteiger partial charge in [0.25, 0.3) is 0 Å². The lowest BCUT2D eigenvalue weighted by Crippen LogP contribution is -2.05. The number of benzene rings is 2. The van der Waals surface area contributed by atoms with Crippen LogP contribution in [0.5, 0.6) is 0 Å². The summed E-state index contributed by atoms with van der Waals surface area (Å²) in [5.41, 5.74) is 13.7. The van der Waals surface area contributed by atoms with Gasteiger partial charge in [-0.3, -0.25) is 0 Å². The van der Waals surface area contributed by atoms with Crippen LogP contribution in [0.15, 0.2) is 53.1 Å². The van der Waals surface area contributed by atoms with Gasteiger partial charge in [-0.1, -0.05) is 58.0 Å². The highest BCUT2D eigenvalue weighted by atomic mass is 16.3. The Labute approximate surface area is 159 Å². The normalized spacial score (nSPS) is 11.8. The highest BCUT2D eigenvalue weighted by Crippen LogP contribution is 2.40. The summed E-state index contributed by atoms with van der Waals surface area (Å²) in [6, 6.07) is 14.4. The molecule has 0 amide bonds. The molecule has 3 N–H and O–H groups in total. The SMILES string of the molecule is CC(C)c1cccc(C(C)C)c1Nc1c(N)cnc2c1oc1ccccc12. The fraction of sp³-hybridized carbons (Fsp3) is 0.261. The smallest absolute Gasteiger partial charge is 0.179 e. The molecule has 138 valence electrons. The van der Waals surface area contributed by atoms with Crippen LogP contribution < -0.4 is 11.1 Å². The predicted octanol–water partition coefficient (Wildman–Crippen LogP) is 6.55. The van der Waals surface area contributed by atoms with Gasteiger partial charge in [0.05, 0.1) is 11.9 Å². The third-order valence-corrected chi connectivity index (χ3v) is 5.04. The van der Waals surface area contributed by atoms with Gasteiger partial charge in [0, 0.05) is 11.1 Å². The van der Waals surface area contributed by atoms with Gasteiger partial charge in [-0.2, -0.15) is 0 Å². The first-order chi connectivity index (χ1) is 13.0. The molecule has 0 fully saturated rings. The molecule has 0 saturated carbocycles. The minimum Gasteiger partial charge on any atom is -0.452 e. The van der Waals surface area contributed by atoms with Gasteiger partial charge >= 0.3 is 0 Å². The van der Waals surface area contributed by atoms with Crippen molar-refractivity contribution < 1.29 is 4.42 Å². The molecule has 4 rings (SSSR count). The van der Waals surface area contributed by atoms with Crippen LogP contribution in [-0.4, -0.2) is 4.98 Å². The van der Waals surface area contributed by atoms with Gasteiger partial charge in [-0.05, 0) is 35.1 Å². The number of anilines is 3. The molecular formula is C23H25N3O. The summed E-state index contributed by atoms with van der Waals surface area (Å²) in [7, 11) is 0. The first kappa shape index (κ1) is 17.4. The molecule has 0 saturated heterocycles. The number of nitrogens with zero attached hydrogens (tertiary/aromatic N) is 1. The number of aromatic nitrogens is 1.